The topological polar surface area (TPSA) is 71.1 Å². The van der Waals surface area contributed by atoms with Crippen molar-refractivity contribution in [3.8, 4) is 0 Å². The van der Waals surface area contributed by atoms with Gasteiger partial charge in [0.2, 0.25) is 0 Å². The minimum Gasteiger partial charge on any atom is -0.340 e. The minimum atomic E-state index is -4.19. The Morgan fingerprint density at radius 2 is 1.59 bits per heavy atom. The molecule has 0 bridgehead atoms. The monoisotopic (exact) mass is 451 g/mol. The molecule has 162 valence electrons. The van der Waals surface area contributed by atoms with Gasteiger partial charge in [0.1, 0.15) is 17.5 Å². The molecular weight excluding hydrogens is 432 g/mol. The number of aromatic nitrogens is 1. The third kappa shape index (κ3) is 3.89. The van der Waals surface area contributed by atoms with Gasteiger partial charge in [0, 0.05) is 17.1 Å². The number of rotatable bonds is 5. The average molecular weight is 451 g/mol. The van der Waals surface area contributed by atoms with E-state index in [0.717, 1.165) is 37.1 Å². The van der Waals surface area contributed by atoms with Crippen molar-refractivity contribution < 1.29 is 17.2 Å². The van der Waals surface area contributed by atoms with E-state index in [4.69, 9.17) is 0 Å². The second kappa shape index (κ2) is 7.87. The number of fused-ring (bicyclic) bond motifs is 2. The maximum Gasteiger partial charge on any atom is 0.262 e. The van der Waals surface area contributed by atoms with Crippen molar-refractivity contribution in [3.63, 3.8) is 0 Å². The molecule has 0 fully saturated rings. The fourth-order valence-corrected chi connectivity index (χ4v) is 5.20. The Bertz CT molecular complexity index is 1440. The molecule has 0 unspecified atom stereocenters. The van der Waals surface area contributed by atoms with Crippen molar-refractivity contribution in [3.05, 3.63) is 89.5 Å². The van der Waals surface area contributed by atoms with Gasteiger partial charge in [-0.2, -0.15) is 0 Å². The molecule has 8 heteroatoms. The first-order chi connectivity index (χ1) is 15.4. The number of nitrogens with one attached hydrogen (secondary N) is 2. The zero-order chi connectivity index (χ0) is 22.3. The van der Waals surface area contributed by atoms with Crippen LogP contribution in [0.2, 0.25) is 0 Å². The van der Waals surface area contributed by atoms with Crippen molar-refractivity contribution in [1.29, 1.82) is 0 Å². The third-order valence-corrected chi connectivity index (χ3v) is 6.88. The van der Waals surface area contributed by atoms with Gasteiger partial charge in [-0.1, -0.05) is 18.2 Å². The second-order valence-corrected chi connectivity index (χ2v) is 9.38. The number of benzene rings is 3. The van der Waals surface area contributed by atoms with E-state index in [9.17, 15) is 17.2 Å². The summed E-state index contributed by atoms with van der Waals surface area (Å²) in [6.07, 6.45) is 3.24. The van der Waals surface area contributed by atoms with E-state index in [1.54, 1.807) is 30.3 Å². The van der Waals surface area contributed by atoms with Crippen molar-refractivity contribution in [1.82, 2.24) is 4.98 Å². The molecular formula is C24H19F2N3O2S. The predicted molar refractivity (Wildman–Crippen MR) is 121 cm³/mol. The van der Waals surface area contributed by atoms with Gasteiger partial charge in [0.25, 0.3) is 10.0 Å². The fourth-order valence-electron chi connectivity index (χ4n) is 4.08. The molecule has 3 aromatic carbocycles. The standard InChI is InChI=1S/C24H19F2N3O2S/c25-16-12-17(26)14-18(13-16)32(30,31)29-23-9-3-8-22-20(23)10-11-24(28-22)27-21-7-2-5-15-4-1-6-19(15)21/h2-3,5,7-14,29H,1,4,6H2,(H,27,28). The number of pyridine rings is 1. The molecule has 0 radical (unpaired) electrons. The molecule has 5 nitrogen and oxygen atoms in total. The molecule has 5 rings (SSSR count). The maximum atomic E-state index is 13.5. The van der Waals surface area contributed by atoms with Gasteiger partial charge in [-0.15, -0.1) is 0 Å². The number of hydrogen-bond donors (Lipinski definition) is 2. The van der Waals surface area contributed by atoms with Crippen LogP contribution < -0.4 is 10.0 Å². The lowest BCUT2D eigenvalue weighted by Gasteiger charge is -2.13. The van der Waals surface area contributed by atoms with Gasteiger partial charge in [0.05, 0.1) is 16.1 Å². The number of sulfonamides is 1. The molecule has 2 N–H and O–H groups in total. The van der Waals surface area contributed by atoms with E-state index in [-0.39, 0.29) is 5.69 Å². The Kier molecular flexibility index (Phi) is 5.01. The lowest BCUT2D eigenvalue weighted by atomic mass is 10.1. The lowest BCUT2D eigenvalue weighted by Crippen LogP contribution is -2.14. The molecule has 0 saturated carbocycles. The van der Waals surface area contributed by atoms with Gasteiger partial charge in [-0.25, -0.2) is 22.2 Å². The van der Waals surface area contributed by atoms with Gasteiger partial charge >= 0.3 is 0 Å². The largest absolute Gasteiger partial charge is 0.340 e. The summed E-state index contributed by atoms with van der Waals surface area (Å²) >= 11 is 0. The van der Waals surface area contributed by atoms with Gasteiger partial charge in [0.15, 0.2) is 0 Å². The summed E-state index contributed by atoms with van der Waals surface area (Å²) in [6.45, 7) is 0. The molecule has 0 saturated heterocycles. The summed E-state index contributed by atoms with van der Waals surface area (Å²) < 4.78 is 54.8. The smallest absolute Gasteiger partial charge is 0.262 e. The summed E-state index contributed by atoms with van der Waals surface area (Å²) in [5, 5.41) is 3.94. The Morgan fingerprint density at radius 1 is 0.844 bits per heavy atom. The molecule has 0 amide bonds. The highest BCUT2D eigenvalue weighted by Gasteiger charge is 2.19. The van der Waals surface area contributed by atoms with Crippen molar-refractivity contribution >= 4 is 38.1 Å². The molecule has 1 aliphatic carbocycles. The van der Waals surface area contributed by atoms with Crippen LogP contribution in [-0.4, -0.2) is 13.4 Å². The van der Waals surface area contributed by atoms with Crippen LogP contribution in [0.15, 0.2) is 71.6 Å². The second-order valence-electron chi connectivity index (χ2n) is 7.70. The van der Waals surface area contributed by atoms with E-state index in [1.165, 1.54) is 11.1 Å². The van der Waals surface area contributed by atoms with Crippen LogP contribution in [0.25, 0.3) is 10.9 Å². The van der Waals surface area contributed by atoms with Crippen molar-refractivity contribution in [2.45, 2.75) is 24.2 Å². The molecule has 1 aliphatic rings. The van der Waals surface area contributed by atoms with Crippen molar-refractivity contribution in [2.75, 3.05) is 10.0 Å². The Hall–Kier alpha value is -3.52. The molecule has 0 spiro atoms. The zero-order valence-electron chi connectivity index (χ0n) is 16.9. The maximum absolute atomic E-state index is 13.5. The summed E-state index contributed by atoms with van der Waals surface area (Å²) in [5.74, 6) is -1.29. The van der Waals surface area contributed by atoms with Crippen LogP contribution in [0.5, 0.6) is 0 Å². The Balaban J connectivity index is 1.47. The van der Waals surface area contributed by atoms with E-state index in [1.807, 2.05) is 12.1 Å². The van der Waals surface area contributed by atoms with Gasteiger partial charge in [-0.3, -0.25) is 4.72 Å². The van der Waals surface area contributed by atoms with Crippen LogP contribution in [-0.2, 0) is 22.9 Å². The van der Waals surface area contributed by atoms with Crippen molar-refractivity contribution in [2.24, 2.45) is 0 Å². The Morgan fingerprint density at radius 3 is 2.41 bits per heavy atom. The highest BCUT2D eigenvalue weighted by Crippen LogP contribution is 2.32. The minimum absolute atomic E-state index is 0.270. The number of nitrogens with zero attached hydrogens (tertiary/aromatic N) is 1. The summed E-state index contributed by atoms with van der Waals surface area (Å²) in [4.78, 5) is 4.13. The first kappa shape index (κ1) is 20.4. The van der Waals surface area contributed by atoms with Crippen LogP contribution in [0.4, 0.5) is 26.0 Å². The number of aryl methyl sites for hydroxylation is 1. The van der Waals surface area contributed by atoms with E-state index < -0.39 is 26.6 Å². The van der Waals surface area contributed by atoms with Crippen LogP contribution >= 0.6 is 0 Å². The Labute approximate surface area is 184 Å². The van der Waals surface area contributed by atoms with Crippen LogP contribution in [0.3, 0.4) is 0 Å². The molecule has 4 aromatic rings. The quantitative estimate of drug-likeness (QED) is 0.418. The molecule has 1 aromatic heterocycles. The van der Waals surface area contributed by atoms with E-state index in [2.05, 4.69) is 21.1 Å². The van der Waals surface area contributed by atoms with Gasteiger partial charge < -0.3 is 5.32 Å². The summed E-state index contributed by atoms with van der Waals surface area (Å²) in [7, 11) is -4.19. The highest BCUT2D eigenvalue weighted by atomic mass is 32.2. The predicted octanol–water partition coefficient (Wildman–Crippen LogP) is 5.55. The SMILES string of the molecule is O=S(=O)(Nc1cccc2nc(Nc3cccc4c3CCC4)ccc12)c1cc(F)cc(F)c1. The number of anilines is 3. The number of halogens is 2. The third-order valence-electron chi connectivity index (χ3n) is 5.53. The fraction of sp³-hybridized carbons (Fsp3) is 0.125. The summed E-state index contributed by atoms with van der Waals surface area (Å²) in [6, 6.07) is 16.9. The van der Waals surface area contributed by atoms with E-state index in [0.29, 0.717) is 22.8 Å². The lowest BCUT2D eigenvalue weighted by molar-refractivity contribution is 0.568. The zero-order valence-corrected chi connectivity index (χ0v) is 17.7. The molecule has 0 aliphatic heterocycles. The van der Waals surface area contributed by atoms with Crippen LogP contribution in [0.1, 0.15) is 17.5 Å². The van der Waals surface area contributed by atoms with Gasteiger partial charge in [-0.05, 0) is 72.9 Å². The molecule has 1 heterocycles. The summed E-state index contributed by atoms with van der Waals surface area (Å²) in [5.41, 5.74) is 4.52. The average Bonchev–Trinajstić information content (AvgIpc) is 3.23. The molecule has 32 heavy (non-hydrogen) atoms. The normalized spacial score (nSPS) is 13.2. The van der Waals surface area contributed by atoms with Crippen LogP contribution in [0, 0.1) is 11.6 Å². The first-order valence-electron chi connectivity index (χ1n) is 10.2. The van der Waals surface area contributed by atoms with E-state index >= 15 is 0 Å². The highest BCUT2D eigenvalue weighted by molar-refractivity contribution is 7.92. The first-order valence-corrected chi connectivity index (χ1v) is 11.6. The number of hydrogen-bond acceptors (Lipinski definition) is 4. The molecule has 0 atom stereocenters.